The van der Waals surface area contributed by atoms with Crippen molar-refractivity contribution in [3.05, 3.63) is 42.0 Å². The van der Waals surface area contributed by atoms with E-state index in [-0.39, 0.29) is 6.10 Å². The van der Waals surface area contributed by atoms with Crippen molar-refractivity contribution in [1.29, 1.82) is 0 Å². The lowest BCUT2D eigenvalue weighted by Gasteiger charge is -2.24. The Morgan fingerprint density at radius 2 is 2.00 bits per heavy atom. The molecule has 0 radical (unpaired) electrons. The lowest BCUT2D eigenvalue weighted by atomic mass is 9.96. The minimum absolute atomic E-state index is 0.314. The molecule has 0 amide bonds. The first kappa shape index (κ1) is 8.74. The van der Waals surface area contributed by atoms with Gasteiger partial charge < -0.3 is 10.4 Å². The molecule has 0 saturated carbocycles. The molecule has 0 bridgehead atoms. The Hall–Kier alpha value is -1.54. The molecule has 0 fully saturated rings. The third-order valence-electron chi connectivity index (χ3n) is 3.04. The van der Waals surface area contributed by atoms with Crippen molar-refractivity contribution in [2.45, 2.75) is 12.5 Å². The molecule has 0 saturated heterocycles. The summed E-state index contributed by atoms with van der Waals surface area (Å²) in [6.07, 6.45) is 0.483. The van der Waals surface area contributed by atoms with E-state index in [1.165, 1.54) is 10.8 Å². The van der Waals surface area contributed by atoms with E-state index in [4.69, 9.17) is 0 Å². The number of nitrogens with one attached hydrogen (secondary N) is 1. The van der Waals surface area contributed by atoms with Crippen LogP contribution in [0.25, 0.3) is 10.8 Å². The third-order valence-corrected chi connectivity index (χ3v) is 3.04. The number of fused-ring (bicyclic) bond motifs is 3. The second-order valence-corrected chi connectivity index (χ2v) is 3.98. The van der Waals surface area contributed by atoms with Crippen LogP contribution in [0.2, 0.25) is 0 Å². The van der Waals surface area contributed by atoms with Gasteiger partial charge in [-0.15, -0.1) is 0 Å². The maximum absolute atomic E-state index is 9.88. The molecule has 2 N–H and O–H groups in total. The van der Waals surface area contributed by atoms with Gasteiger partial charge in [0.15, 0.2) is 0 Å². The van der Waals surface area contributed by atoms with E-state index in [0.717, 1.165) is 24.2 Å². The summed E-state index contributed by atoms with van der Waals surface area (Å²) in [4.78, 5) is 0. The van der Waals surface area contributed by atoms with Gasteiger partial charge in [0, 0.05) is 23.2 Å². The zero-order valence-corrected chi connectivity index (χ0v) is 8.40. The van der Waals surface area contributed by atoms with E-state index >= 15 is 0 Å². The molecule has 0 aliphatic carbocycles. The summed E-state index contributed by atoms with van der Waals surface area (Å²) in [6, 6.07) is 12.4. The molecule has 1 aliphatic rings. The smallest absolute Gasteiger partial charge is 0.0827 e. The number of rotatable bonds is 0. The van der Waals surface area contributed by atoms with Gasteiger partial charge >= 0.3 is 0 Å². The highest BCUT2D eigenvalue weighted by Crippen LogP contribution is 2.35. The Morgan fingerprint density at radius 3 is 2.93 bits per heavy atom. The Kier molecular flexibility index (Phi) is 1.89. The van der Waals surface area contributed by atoms with Gasteiger partial charge in [-0.25, -0.2) is 0 Å². The molecule has 3 rings (SSSR count). The van der Waals surface area contributed by atoms with Crippen LogP contribution < -0.4 is 5.32 Å². The number of hydrogen-bond donors (Lipinski definition) is 2. The van der Waals surface area contributed by atoms with Crippen LogP contribution in [0.3, 0.4) is 0 Å². The van der Waals surface area contributed by atoms with E-state index in [2.05, 4.69) is 23.5 Å². The van der Waals surface area contributed by atoms with Gasteiger partial charge in [-0.2, -0.15) is 0 Å². The van der Waals surface area contributed by atoms with E-state index in [0.29, 0.717) is 0 Å². The van der Waals surface area contributed by atoms with Gasteiger partial charge in [0.25, 0.3) is 0 Å². The summed E-state index contributed by atoms with van der Waals surface area (Å²) in [5.41, 5.74) is 2.13. The van der Waals surface area contributed by atoms with E-state index in [9.17, 15) is 5.11 Å². The van der Waals surface area contributed by atoms with Gasteiger partial charge in [-0.1, -0.05) is 36.4 Å². The van der Waals surface area contributed by atoms with Crippen LogP contribution in [0.15, 0.2) is 36.4 Å². The van der Waals surface area contributed by atoms with Crippen molar-refractivity contribution in [1.82, 2.24) is 0 Å². The number of hydrogen-bond acceptors (Lipinski definition) is 2. The number of aliphatic hydroxyl groups is 1. The van der Waals surface area contributed by atoms with Crippen LogP contribution >= 0.6 is 0 Å². The van der Waals surface area contributed by atoms with Crippen LogP contribution in [-0.2, 0) is 0 Å². The molecule has 1 aliphatic heterocycles. The predicted molar refractivity (Wildman–Crippen MR) is 62.0 cm³/mol. The average molecular weight is 199 g/mol. The summed E-state index contributed by atoms with van der Waals surface area (Å²) in [6.45, 7) is 0.849. The second kappa shape index (κ2) is 3.24. The second-order valence-electron chi connectivity index (χ2n) is 3.98. The average Bonchev–Trinajstić information content (AvgIpc) is 2.29. The first-order valence-corrected chi connectivity index (χ1v) is 5.30. The van der Waals surface area contributed by atoms with Crippen molar-refractivity contribution in [2.24, 2.45) is 0 Å². The van der Waals surface area contributed by atoms with Crippen molar-refractivity contribution in [3.63, 3.8) is 0 Å². The van der Waals surface area contributed by atoms with Crippen LogP contribution in [0.1, 0.15) is 18.1 Å². The molecule has 2 aromatic rings. The van der Waals surface area contributed by atoms with Crippen molar-refractivity contribution in [3.8, 4) is 0 Å². The van der Waals surface area contributed by atoms with E-state index in [1.54, 1.807) is 0 Å². The van der Waals surface area contributed by atoms with E-state index < -0.39 is 0 Å². The Balaban J connectivity index is 2.33. The standard InChI is InChI=1S/C13H13NO/c15-12-7-8-14-13-10-4-2-1-3-9(10)5-6-11(12)13/h1-6,12,14-15H,7-8H2. The summed E-state index contributed by atoms with van der Waals surface area (Å²) in [5.74, 6) is 0. The molecule has 76 valence electrons. The topological polar surface area (TPSA) is 32.3 Å². The van der Waals surface area contributed by atoms with Crippen molar-refractivity contribution in [2.75, 3.05) is 11.9 Å². The fourth-order valence-electron chi connectivity index (χ4n) is 2.25. The molecule has 1 unspecified atom stereocenters. The lowest BCUT2D eigenvalue weighted by Crippen LogP contribution is -2.16. The largest absolute Gasteiger partial charge is 0.388 e. The normalized spacial score (nSPS) is 19.7. The SMILES string of the molecule is OC1CCNc2c1ccc1ccccc21. The molecule has 1 atom stereocenters. The van der Waals surface area contributed by atoms with Gasteiger partial charge in [-0.3, -0.25) is 0 Å². The maximum Gasteiger partial charge on any atom is 0.0827 e. The molecule has 2 nitrogen and oxygen atoms in total. The molecule has 15 heavy (non-hydrogen) atoms. The van der Waals surface area contributed by atoms with E-state index in [1.807, 2.05) is 18.2 Å². The summed E-state index contributed by atoms with van der Waals surface area (Å²) < 4.78 is 0. The van der Waals surface area contributed by atoms with Crippen molar-refractivity contribution >= 4 is 16.5 Å². The number of aliphatic hydroxyl groups excluding tert-OH is 1. The molecule has 2 aromatic carbocycles. The number of anilines is 1. The van der Waals surface area contributed by atoms with Crippen LogP contribution in [0.4, 0.5) is 5.69 Å². The lowest BCUT2D eigenvalue weighted by molar-refractivity contribution is 0.169. The zero-order valence-electron chi connectivity index (χ0n) is 8.40. The Labute approximate surface area is 88.5 Å². The van der Waals surface area contributed by atoms with Gasteiger partial charge in [0.1, 0.15) is 0 Å². The Bertz CT molecular complexity index is 507. The minimum Gasteiger partial charge on any atom is -0.388 e. The number of benzene rings is 2. The third kappa shape index (κ3) is 1.29. The first-order chi connectivity index (χ1) is 7.36. The van der Waals surface area contributed by atoms with Gasteiger partial charge in [0.2, 0.25) is 0 Å². The van der Waals surface area contributed by atoms with Crippen LogP contribution in [-0.4, -0.2) is 11.7 Å². The monoisotopic (exact) mass is 199 g/mol. The molecular formula is C13H13NO. The van der Waals surface area contributed by atoms with Gasteiger partial charge in [0.05, 0.1) is 6.10 Å². The highest BCUT2D eigenvalue weighted by molar-refractivity contribution is 5.96. The molecule has 1 heterocycles. The fraction of sp³-hybridized carbons (Fsp3) is 0.231. The quantitative estimate of drug-likeness (QED) is 0.683. The molecule has 0 spiro atoms. The predicted octanol–water partition coefficient (Wildman–Crippen LogP) is 2.69. The first-order valence-electron chi connectivity index (χ1n) is 5.30. The van der Waals surface area contributed by atoms with Crippen LogP contribution in [0.5, 0.6) is 0 Å². The summed E-state index contributed by atoms with van der Waals surface area (Å²) >= 11 is 0. The molecule has 0 aromatic heterocycles. The zero-order chi connectivity index (χ0) is 10.3. The van der Waals surface area contributed by atoms with Crippen LogP contribution in [0, 0.1) is 0 Å². The maximum atomic E-state index is 9.88. The Morgan fingerprint density at radius 1 is 1.13 bits per heavy atom. The highest BCUT2D eigenvalue weighted by atomic mass is 16.3. The highest BCUT2D eigenvalue weighted by Gasteiger charge is 2.18. The molecule has 2 heteroatoms. The fourth-order valence-corrected chi connectivity index (χ4v) is 2.25. The summed E-state index contributed by atoms with van der Waals surface area (Å²) in [7, 11) is 0. The summed E-state index contributed by atoms with van der Waals surface area (Å²) in [5, 5.41) is 15.7. The molecular weight excluding hydrogens is 186 g/mol. The van der Waals surface area contributed by atoms with Gasteiger partial charge in [-0.05, 0) is 11.8 Å². The minimum atomic E-state index is -0.314. The van der Waals surface area contributed by atoms with Crippen molar-refractivity contribution < 1.29 is 5.11 Å².